The average molecular weight is 282 g/mol. The molecule has 0 spiro atoms. The standard InChI is InChI=1S/C14H18O4S/c15-14-3-1-2-10-4-5-11(8-13(10)14)18-12-6-7-19(16,17)9-12/h4-5,8,12,14-15H,1-3,6-7,9H2/t12?,14-/m0/s1. The second-order valence-electron chi connectivity index (χ2n) is 5.41. The van der Waals surface area contributed by atoms with Gasteiger partial charge in [-0.25, -0.2) is 8.42 Å². The van der Waals surface area contributed by atoms with Gasteiger partial charge in [0.1, 0.15) is 11.9 Å². The normalized spacial score (nSPS) is 28.9. The van der Waals surface area contributed by atoms with Gasteiger partial charge in [-0.2, -0.15) is 0 Å². The summed E-state index contributed by atoms with van der Waals surface area (Å²) in [5.74, 6) is 0.986. The Kier molecular flexibility index (Phi) is 3.27. The van der Waals surface area contributed by atoms with Crippen LogP contribution in [-0.4, -0.2) is 31.1 Å². The van der Waals surface area contributed by atoms with Crippen molar-refractivity contribution in [3.05, 3.63) is 29.3 Å². The highest BCUT2D eigenvalue weighted by Gasteiger charge is 2.29. The second kappa shape index (κ2) is 4.80. The molecule has 0 amide bonds. The molecule has 0 saturated carbocycles. The molecule has 2 atom stereocenters. The van der Waals surface area contributed by atoms with Crippen LogP contribution in [0.1, 0.15) is 36.5 Å². The Bertz CT molecular complexity index is 579. The van der Waals surface area contributed by atoms with Crippen molar-refractivity contribution < 1.29 is 18.3 Å². The van der Waals surface area contributed by atoms with E-state index in [4.69, 9.17) is 4.74 Å². The predicted octanol–water partition coefficient (Wildman–Crippen LogP) is 1.62. The fourth-order valence-electron chi connectivity index (χ4n) is 2.87. The SMILES string of the molecule is O=S1(=O)CCC(Oc2ccc3c(c2)[C@@H](O)CCC3)C1. The van der Waals surface area contributed by atoms with E-state index in [1.165, 1.54) is 5.56 Å². The summed E-state index contributed by atoms with van der Waals surface area (Å²) in [6.07, 6.45) is 2.68. The van der Waals surface area contributed by atoms with Crippen LogP contribution in [0.4, 0.5) is 0 Å². The first-order chi connectivity index (χ1) is 9.03. The van der Waals surface area contributed by atoms with Crippen molar-refractivity contribution in [2.24, 2.45) is 0 Å². The van der Waals surface area contributed by atoms with Crippen LogP contribution in [0, 0.1) is 0 Å². The van der Waals surface area contributed by atoms with Gasteiger partial charge < -0.3 is 9.84 Å². The van der Waals surface area contributed by atoms with Crippen LogP contribution in [0.2, 0.25) is 0 Å². The highest BCUT2D eigenvalue weighted by molar-refractivity contribution is 7.91. The minimum atomic E-state index is -2.92. The van der Waals surface area contributed by atoms with Crippen molar-refractivity contribution in [2.45, 2.75) is 37.9 Å². The van der Waals surface area contributed by atoms with Gasteiger partial charge in [-0.1, -0.05) is 6.07 Å². The van der Waals surface area contributed by atoms with E-state index in [9.17, 15) is 13.5 Å². The molecule has 1 unspecified atom stereocenters. The molecule has 1 aromatic carbocycles. The summed E-state index contributed by atoms with van der Waals surface area (Å²) in [5, 5.41) is 9.98. The monoisotopic (exact) mass is 282 g/mol. The number of aryl methyl sites for hydroxylation is 1. The van der Waals surface area contributed by atoms with Gasteiger partial charge in [0, 0.05) is 0 Å². The third kappa shape index (κ3) is 2.77. The molecular weight excluding hydrogens is 264 g/mol. The third-order valence-electron chi connectivity index (χ3n) is 3.89. The smallest absolute Gasteiger partial charge is 0.154 e. The van der Waals surface area contributed by atoms with Crippen LogP contribution in [-0.2, 0) is 16.3 Å². The highest BCUT2D eigenvalue weighted by atomic mass is 32.2. The summed E-state index contributed by atoms with van der Waals surface area (Å²) < 4.78 is 28.5. The van der Waals surface area contributed by atoms with Crippen LogP contribution >= 0.6 is 0 Å². The van der Waals surface area contributed by atoms with Gasteiger partial charge in [-0.05, 0) is 48.9 Å². The summed E-state index contributed by atoms with van der Waals surface area (Å²) in [6.45, 7) is 0. The molecule has 1 aromatic rings. The lowest BCUT2D eigenvalue weighted by Gasteiger charge is -2.22. The number of benzene rings is 1. The number of hydrogen-bond donors (Lipinski definition) is 1. The summed E-state index contributed by atoms with van der Waals surface area (Å²) >= 11 is 0. The fourth-order valence-corrected chi connectivity index (χ4v) is 4.46. The number of fused-ring (bicyclic) bond motifs is 1. The summed E-state index contributed by atoms with van der Waals surface area (Å²) in [5.41, 5.74) is 2.11. The molecule has 1 heterocycles. The number of ether oxygens (including phenoxy) is 1. The number of rotatable bonds is 2. The first-order valence-electron chi connectivity index (χ1n) is 6.71. The van der Waals surface area contributed by atoms with Crippen molar-refractivity contribution in [1.82, 2.24) is 0 Å². The minimum absolute atomic E-state index is 0.104. The zero-order valence-corrected chi connectivity index (χ0v) is 11.5. The fraction of sp³-hybridized carbons (Fsp3) is 0.571. The predicted molar refractivity (Wildman–Crippen MR) is 72.0 cm³/mol. The van der Waals surface area contributed by atoms with E-state index in [1.54, 1.807) is 0 Å². The maximum absolute atomic E-state index is 11.4. The zero-order chi connectivity index (χ0) is 13.5. The van der Waals surface area contributed by atoms with Gasteiger partial charge in [-0.15, -0.1) is 0 Å². The van der Waals surface area contributed by atoms with E-state index in [1.807, 2.05) is 18.2 Å². The minimum Gasteiger partial charge on any atom is -0.489 e. The Morgan fingerprint density at radius 1 is 1.26 bits per heavy atom. The van der Waals surface area contributed by atoms with Crippen molar-refractivity contribution in [3.63, 3.8) is 0 Å². The van der Waals surface area contributed by atoms with E-state index in [0.717, 1.165) is 24.8 Å². The Balaban J connectivity index is 1.77. The molecule has 104 valence electrons. The zero-order valence-electron chi connectivity index (χ0n) is 10.7. The molecule has 1 saturated heterocycles. The molecule has 2 aliphatic rings. The van der Waals surface area contributed by atoms with Gasteiger partial charge in [-0.3, -0.25) is 0 Å². The molecule has 1 N–H and O–H groups in total. The molecule has 0 aromatic heterocycles. The molecule has 4 nitrogen and oxygen atoms in total. The Morgan fingerprint density at radius 2 is 2.11 bits per heavy atom. The van der Waals surface area contributed by atoms with Crippen molar-refractivity contribution in [1.29, 1.82) is 0 Å². The van der Waals surface area contributed by atoms with Crippen molar-refractivity contribution >= 4 is 9.84 Å². The van der Waals surface area contributed by atoms with Crippen LogP contribution in [0.15, 0.2) is 18.2 Å². The number of hydrogen-bond acceptors (Lipinski definition) is 4. The Labute approximate surface area is 113 Å². The topological polar surface area (TPSA) is 63.6 Å². The van der Waals surface area contributed by atoms with Crippen molar-refractivity contribution in [3.8, 4) is 5.75 Å². The molecule has 1 aliphatic carbocycles. The molecule has 5 heteroatoms. The van der Waals surface area contributed by atoms with Crippen molar-refractivity contribution in [2.75, 3.05) is 11.5 Å². The second-order valence-corrected chi connectivity index (χ2v) is 7.64. The molecule has 1 aliphatic heterocycles. The average Bonchev–Trinajstić information content (AvgIpc) is 2.70. The highest BCUT2D eigenvalue weighted by Crippen LogP contribution is 2.33. The first-order valence-corrected chi connectivity index (χ1v) is 8.54. The van der Waals surface area contributed by atoms with Gasteiger partial charge in [0.25, 0.3) is 0 Å². The van der Waals surface area contributed by atoms with Crippen LogP contribution in [0.3, 0.4) is 0 Å². The van der Waals surface area contributed by atoms with Gasteiger partial charge >= 0.3 is 0 Å². The van der Waals surface area contributed by atoms with E-state index in [2.05, 4.69) is 0 Å². The van der Waals surface area contributed by atoms with E-state index in [-0.39, 0.29) is 17.6 Å². The molecule has 1 fully saturated rings. The summed E-state index contributed by atoms with van der Waals surface area (Å²) in [4.78, 5) is 0. The quantitative estimate of drug-likeness (QED) is 0.895. The lowest BCUT2D eigenvalue weighted by molar-refractivity contribution is 0.155. The molecule has 19 heavy (non-hydrogen) atoms. The van der Waals surface area contributed by atoms with Crippen LogP contribution < -0.4 is 4.74 Å². The number of aliphatic hydroxyl groups is 1. The van der Waals surface area contributed by atoms with Crippen LogP contribution in [0.25, 0.3) is 0 Å². The first kappa shape index (κ1) is 12.9. The third-order valence-corrected chi connectivity index (χ3v) is 5.63. The number of sulfone groups is 1. The molecule has 0 bridgehead atoms. The maximum Gasteiger partial charge on any atom is 0.154 e. The maximum atomic E-state index is 11.4. The molecule has 0 radical (unpaired) electrons. The summed E-state index contributed by atoms with van der Waals surface area (Å²) in [7, 11) is -2.92. The number of aliphatic hydroxyl groups excluding tert-OH is 1. The van der Waals surface area contributed by atoms with E-state index in [0.29, 0.717) is 12.2 Å². The van der Waals surface area contributed by atoms with E-state index < -0.39 is 15.9 Å². The van der Waals surface area contributed by atoms with Gasteiger partial charge in [0.2, 0.25) is 0 Å². The Hall–Kier alpha value is -1.07. The van der Waals surface area contributed by atoms with E-state index >= 15 is 0 Å². The lowest BCUT2D eigenvalue weighted by Crippen LogP contribution is -2.18. The largest absolute Gasteiger partial charge is 0.489 e. The molecule has 3 rings (SSSR count). The molecular formula is C14H18O4S. The van der Waals surface area contributed by atoms with Crippen LogP contribution in [0.5, 0.6) is 5.75 Å². The van der Waals surface area contributed by atoms with Gasteiger partial charge in [0.05, 0.1) is 17.6 Å². The Morgan fingerprint density at radius 3 is 2.84 bits per heavy atom. The van der Waals surface area contributed by atoms with Gasteiger partial charge in [0.15, 0.2) is 9.84 Å². The lowest BCUT2D eigenvalue weighted by atomic mass is 9.89. The summed E-state index contributed by atoms with van der Waals surface area (Å²) in [6, 6.07) is 5.72.